The summed E-state index contributed by atoms with van der Waals surface area (Å²) in [4.78, 5) is 4.39. The van der Waals surface area contributed by atoms with Gasteiger partial charge in [0.15, 0.2) is 0 Å². The number of nitrogens with two attached hydrogens (primary N) is 1. The third kappa shape index (κ3) is 2.48. The maximum atomic E-state index is 6.00. The Morgan fingerprint density at radius 3 is 2.65 bits per heavy atom. The Balaban J connectivity index is 2.04. The van der Waals surface area contributed by atoms with Crippen molar-refractivity contribution in [2.24, 2.45) is 0 Å². The van der Waals surface area contributed by atoms with E-state index in [0.29, 0.717) is 23.0 Å². The van der Waals surface area contributed by atoms with E-state index in [1.165, 1.54) is 0 Å². The van der Waals surface area contributed by atoms with Gasteiger partial charge in [0.05, 0.1) is 11.3 Å². The molecule has 0 unspecified atom stereocenters. The Morgan fingerprint density at radius 2 is 1.85 bits per heavy atom. The summed E-state index contributed by atoms with van der Waals surface area (Å²) in [6, 6.07) is 13.3. The lowest BCUT2D eigenvalue weighted by Crippen LogP contribution is -1.91. The third-order valence-electron chi connectivity index (χ3n) is 2.79. The first-order valence-corrected chi connectivity index (χ1v) is 7.38. The molecule has 4 nitrogen and oxygen atoms in total. The fourth-order valence-electron chi connectivity index (χ4n) is 1.80. The lowest BCUT2D eigenvalue weighted by molar-refractivity contribution is 0.432. The lowest BCUT2D eigenvalue weighted by Gasteiger charge is -2.01. The van der Waals surface area contributed by atoms with E-state index in [2.05, 4.69) is 42.0 Å². The Bertz CT molecular complexity index is 771. The van der Waals surface area contributed by atoms with E-state index in [1.54, 1.807) is 0 Å². The first kappa shape index (κ1) is 13.3. The molecule has 1 heterocycles. The van der Waals surface area contributed by atoms with Crippen molar-refractivity contribution in [3.63, 3.8) is 0 Å². The Morgan fingerprint density at radius 1 is 1.05 bits per heavy atom. The van der Waals surface area contributed by atoms with Crippen molar-refractivity contribution in [2.45, 2.75) is 0 Å². The van der Waals surface area contributed by atoms with Crippen LogP contribution >= 0.6 is 31.9 Å². The first-order valence-electron chi connectivity index (χ1n) is 5.79. The van der Waals surface area contributed by atoms with Crippen LogP contribution in [0.3, 0.4) is 0 Å². The number of rotatable bonds is 2. The Labute approximate surface area is 132 Å². The van der Waals surface area contributed by atoms with Crippen LogP contribution in [0.15, 0.2) is 55.9 Å². The molecule has 2 N–H and O–H groups in total. The summed E-state index contributed by atoms with van der Waals surface area (Å²) in [6.45, 7) is 0. The molecule has 0 saturated heterocycles. The van der Waals surface area contributed by atoms with Gasteiger partial charge in [-0.2, -0.15) is 4.98 Å². The number of hydrogen-bond acceptors (Lipinski definition) is 4. The van der Waals surface area contributed by atoms with Crippen LogP contribution in [-0.4, -0.2) is 10.1 Å². The summed E-state index contributed by atoms with van der Waals surface area (Å²) < 4.78 is 7.07. The SMILES string of the molecule is Nc1c(Br)cccc1-c1nc(-c2cccc(Br)c2)no1. The monoisotopic (exact) mass is 393 g/mol. The molecule has 0 radical (unpaired) electrons. The van der Waals surface area contributed by atoms with Crippen LogP contribution < -0.4 is 5.73 Å². The molecule has 3 aromatic rings. The van der Waals surface area contributed by atoms with Crippen LogP contribution in [0.5, 0.6) is 0 Å². The molecular weight excluding hydrogens is 386 g/mol. The molecule has 20 heavy (non-hydrogen) atoms. The van der Waals surface area contributed by atoms with Crippen LogP contribution in [0.2, 0.25) is 0 Å². The van der Waals surface area contributed by atoms with Crippen molar-refractivity contribution in [1.29, 1.82) is 0 Å². The lowest BCUT2D eigenvalue weighted by atomic mass is 10.2. The number of para-hydroxylation sites is 1. The Kier molecular flexibility index (Phi) is 3.58. The molecule has 0 amide bonds. The van der Waals surface area contributed by atoms with Gasteiger partial charge in [-0.1, -0.05) is 39.3 Å². The van der Waals surface area contributed by atoms with Gasteiger partial charge in [0.2, 0.25) is 5.82 Å². The fraction of sp³-hybridized carbons (Fsp3) is 0. The molecule has 0 aliphatic carbocycles. The van der Waals surface area contributed by atoms with Gasteiger partial charge in [-0.15, -0.1) is 0 Å². The van der Waals surface area contributed by atoms with E-state index in [-0.39, 0.29) is 0 Å². The van der Waals surface area contributed by atoms with E-state index < -0.39 is 0 Å². The highest BCUT2D eigenvalue weighted by Gasteiger charge is 2.14. The second-order valence-electron chi connectivity index (χ2n) is 4.13. The van der Waals surface area contributed by atoms with Crippen LogP contribution in [0.4, 0.5) is 5.69 Å². The van der Waals surface area contributed by atoms with Crippen molar-refractivity contribution >= 4 is 37.5 Å². The quantitative estimate of drug-likeness (QED) is 0.649. The van der Waals surface area contributed by atoms with Crippen molar-refractivity contribution in [2.75, 3.05) is 5.73 Å². The molecule has 0 aliphatic rings. The van der Waals surface area contributed by atoms with E-state index >= 15 is 0 Å². The van der Waals surface area contributed by atoms with E-state index in [0.717, 1.165) is 14.5 Å². The number of nitrogen functional groups attached to an aromatic ring is 1. The van der Waals surface area contributed by atoms with Gasteiger partial charge in [0.1, 0.15) is 0 Å². The number of nitrogens with zero attached hydrogens (tertiary/aromatic N) is 2. The molecule has 1 aromatic heterocycles. The highest BCUT2D eigenvalue weighted by Crippen LogP contribution is 2.31. The number of hydrogen-bond donors (Lipinski definition) is 1. The maximum Gasteiger partial charge on any atom is 0.260 e. The largest absolute Gasteiger partial charge is 0.397 e. The second kappa shape index (κ2) is 5.38. The topological polar surface area (TPSA) is 64.9 Å². The molecule has 0 fully saturated rings. The minimum absolute atomic E-state index is 0.402. The first-order chi connectivity index (χ1) is 9.65. The van der Waals surface area contributed by atoms with Gasteiger partial charge in [0, 0.05) is 14.5 Å². The van der Waals surface area contributed by atoms with Crippen LogP contribution in [-0.2, 0) is 0 Å². The van der Waals surface area contributed by atoms with E-state index in [4.69, 9.17) is 10.3 Å². The molecular formula is C14H9Br2N3O. The molecule has 3 rings (SSSR count). The zero-order valence-corrected chi connectivity index (χ0v) is 13.3. The van der Waals surface area contributed by atoms with Gasteiger partial charge < -0.3 is 10.3 Å². The van der Waals surface area contributed by atoms with Crippen LogP contribution in [0.25, 0.3) is 22.8 Å². The average molecular weight is 395 g/mol. The van der Waals surface area contributed by atoms with E-state index in [9.17, 15) is 0 Å². The summed E-state index contributed by atoms with van der Waals surface area (Å²) in [7, 11) is 0. The molecule has 0 atom stereocenters. The maximum absolute atomic E-state index is 6.00. The summed E-state index contributed by atoms with van der Waals surface area (Å²) in [5.41, 5.74) is 8.18. The zero-order valence-electron chi connectivity index (χ0n) is 10.2. The summed E-state index contributed by atoms with van der Waals surface area (Å²) >= 11 is 6.80. The van der Waals surface area contributed by atoms with Gasteiger partial charge in [-0.05, 0) is 40.2 Å². The number of benzene rings is 2. The highest BCUT2D eigenvalue weighted by atomic mass is 79.9. The molecule has 6 heteroatoms. The molecule has 0 aliphatic heterocycles. The van der Waals surface area contributed by atoms with Crippen LogP contribution in [0, 0.1) is 0 Å². The number of anilines is 1. The van der Waals surface area contributed by atoms with Crippen molar-refractivity contribution in [1.82, 2.24) is 10.1 Å². The molecule has 100 valence electrons. The Hall–Kier alpha value is -1.66. The van der Waals surface area contributed by atoms with Crippen molar-refractivity contribution in [3.8, 4) is 22.8 Å². The predicted molar refractivity (Wildman–Crippen MR) is 85.0 cm³/mol. The van der Waals surface area contributed by atoms with Crippen LogP contribution in [0.1, 0.15) is 0 Å². The summed E-state index contributed by atoms with van der Waals surface area (Å²) in [5.74, 6) is 0.930. The summed E-state index contributed by atoms with van der Waals surface area (Å²) in [5, 5.41) is 4.00. The van der Waals surface area contributed by atoms with Crippen molar-refractivity contribution in [3.05, 3.63) is 51.4 Å². The van der Waals surface area contributed by atoms with E-state index in [1.807, 2.05) is 42.5 Å². The second-order valence-corrected chi connectivity index (χ2v) is 5.90. The van der Waals surface area contributed by atoms with Crippen molar-refractivity contribution < 1.29 is 4.52 Å². The van der Waals surface area contributed by atoms with Gasteiger partial charge in [-0.25, -0.2) is 0 Å². The van der Waals surface area contributed by atoms with Gasteiger partial charge >= 0.3 is 0 Å². The zero-order chi connectivity index (χ0) is 14.1. The minimum Gasteiger partial charge on any atom is -0.397 e. The molecule has 2 aromatic carbocycles. The molecule has 0 saturated carbocycles. The highest BCUT2D eigenvalue weighted by molar-refractivity contribution is 9.10. The van der Waals surface area contributed by atoms with Gasteiger partial charge in [0.25, 0.3) is 5.89 Å². The molecule has 0 bridgehead atoms. The van der Waals surface area contributed by atoms with Gasteiger partial charge in [-0.3, -0.25) is 0 Å². The smallest absolute Gasteiger partial charge is 0.260 e. The number of aromatic nitrogens is 2. The standard InChI is InChI=1S/C14H9Br2N3O/c15-9-4-1-3-8(7-9)13-18-14(20-19-13)10-5-2-6-11(16)12(10)17/h1-7H,17H2. The normalized spacial score (nSPS) is 10.7. The number of halogens is 2. The minimum atomic E-state index is 0.402. The third-order valence-corrected chi connectivity index (χ3v) is 3.98. The molecule has 0 spiro atoms. The fourth-order valence-corrected chi connectivity index (χ4v) is 2.57. The predicted octanol–water partition coefficient (Wildman–Crippen LogP) is 4.51. The average Bonchev–Trinajstić information content (AvgIpc) is 2.91. The summed E-state index contributed by atoms with van der Waals surface area (Å²) in [6.07, 6.45) is 0.